The lowest BCUT2D eigenvalue weighted by molar-refractivity contribution is -0.117. The van der Waals surface area contributed by atoms with Gasteiger partial charge in [-0.1, -0.05) is 145 Å². The van der Waals surface area contributed by atoms with E-state index in [4.69, 9.17) is 4.98 Å². The maximum atomic E-state index is 14.3. The summed E-state index contributed by atoms with van der Waals surface area (Å²) in [4.78, 5) is 49.0. The molecule has 10 heteroatoms. The Morgan fingerprint density at radius 3 is 1.96 bits per heavy atom. The molecule has 0 radical (unpaired) electrons. The minimum Gasteiger partial charge on any atom is -0.492 e. The van der Waals surface area contributed by atoms with Crippen LogP contribution in [0.25, 0.3) is 23.9 Å². The molecule has 2 amide bonds. The molecule has 4 rings (SSSR count). The molecule has 0 saturated carbocycles. The van der Waals surface area contributed by atoms with E-state index in [0.29, 0.717) is 20.3 Å². The van der Waals surface area contributed by atoms with E-state index >= 15 is 0 Å². The van der Waals surface area contributed by atoms with E-state index in [1.54, 1.807) is 24.3 Å². The SMILES string of the molecule is C=c1c(C#N)c(O)n(N(C(C)=O)C(=O)c2ccccc2)c(=O)/c1=C\c1sc(N(CCCCCCCC)CCCCCCCC)nc1-c1ccccc1. The molecule has 9 nitrogen and oxygen atoms in total. The second-order valence-electron chi connectivity index (χ2n) is 13.1. The van der Waals surface area contributed by atoms with E-state index < -0.39 is 23.3 Å². The minimum atomic E-state index is -0.869. The first kappa shape index (κ1) is 39.8. The van der Waals surface area contributed by atoms with E-state index in [1.807, 2.05) is 36.4 Å². The van der Waals surface area contributed by atoms with Gasteiger partial charge >= 0.3 is 0 Å². The van der Waals surface area contributed by atoms with Crippen molar-refractivity contribution in [2.24, 2.45) is 0 Å². The predicted octanol–water partition coefficient (Wildman–Crippen LogP) is 7.64. The average Bonchev–Trinajstić information content (AvgIpc) is 3.58. The van der Waals surface area contributed by atoms with Gasteiger partial charge in [0.1, 0.15) is 11.6 Å². The first-order chi connectivity index (χ1) is 25.2. The summed E-state index contributed by atoms with van der Waals surface area (Å²) < 4.78 is 0.574. The lowest BCUT2D eigenvalue weighted by Crippen LogP contribution is -2.56. The molecule has 0 aliphatic carbocycles. The fraction of sp³-hybridized carbons (Fsp3) is 0.405. The maximum absolute atomic E-state index is 14.3. The van der Waals surface area contributed by atoms with Crippen LogP contribution in [0, 0.1) is 11.3 Å². The van der Waals surface area contributed by atoms with Gasteiger partial charge in [0.15, 0.2) is 5.13 Å². The summed E-state index contributed by atoms with van der Waals surface area (Å²) in [5, 5.41) is 22.6. The lowest BCUT2D eigenvalue weighted by Gasteiger charge is -2.22. The van der Waals surface area contributed by atoms with Gasteiger partial charge in [-0.2, -0.15) is 14.9 Å². The Morgan fingerprint density at radius 2 is 1.42 bits per heavy atom. The molecule has 0 saturated heterocycles. The Bertz CT molecular complexity index is 1980. The van der Waals surface area contributed by atoms with Gasteiger partial charge in [0.2, 0.25) is 11.8 Å². The zero-order chi connectivity index (χ0) is 37.5. The van der Waals surface area contributed by atoms with Crippen LogP contribution in [-0.2, 0) is 4.79 Å². The Kier molecular flexibility index (Phi) is 15.4. The lowest BCUT2D eigenvalue weighted by atomic mass is 10.1. The number of aromatic hydroxyl groups is 1. The smallest absolute Gasteiger partial charge is 0.280 e. The Labute approximate surface area is 311 Å². The molecule has 2 aromatic carbocycles. The summed E-state index contributed by atoms with van der Waals surface area (Å²) in [5.41, 5.74) is 0.450. The fourth-order valence-electron chi connectivity index (χ4n) is 6.20. The number of carbonyl (C=O) groups is 2. The van der Waals surface area contributed by atoms with Crippen molar-refractivity contribution in [3.63, 3.8) is 0 Å². The van der Waals surface area contributed by atoms with Crippen LogP contribution >= 0.6 is 11.3 Å². The average molecular weight is 722 g/mol. The van der Waals surface area contributed by atoms with Gasteiger partial charge in [-0.3, -0.25) is 14.4 Å². The monoisotopic (exact) mass is 721 g/mol. The number of pyridine rings is 1. The molecule has 2 aromatic heterocycles. The van der Waals surface area contributed by atoms with Crippen molar-refractivity contribution in [2.45, 2.75) is 97.8 Å². The number of imide groups is 1. The molecule has 0 aliphatic heterocycles. The van der Waals surface area contributed by atoms with E-state index in [-0.39, 0.29) is 21.6 Å². The Morgan fingerprint density at radius 1 is 0.885 bits per heavy atom. The van der Waals surface area contributed by atoms with Crippen LogP contribution in [0.1, 0.15) is 119 Å². The van der Waals surface area contributed by atoms with Crippen LogP contribution < -0.4 is 25.9 Å². The van der Waals surface area contributed by atoms with Crippen LogP contribution in [0.2, 0.25) is 0 Å². The van der Waals surface area contributed by atoms with Crippen molar-refractivity contribution >= 4 is 40.9 Å². The topological polar surface area (TPSA) is 120 Å². The number of aromatic nitrogens is 2. The third-order valence-electron chi connectivity index (χ3n) is 9.10. The van der Waals surface area contributed by atoms with Crippen LogP contribution in [0.5, 0.6) is 5.88 Å². The van der Waals surface area contributed by atoms with Gasteiger partial charge < -0.3 is 10.0 Å². The molecule has 52 heavy (non-hydrogen) atoms. The normalized spacial score (nSPS) is 11.4. The van der Waals surface area contributed by atoms with E-state index in [0.717, 1.165) is 56.4 Å². The van der Waals surface area contributed by atoms with Gasteiger partial charge in [-0.15, -0.1) is 0 Å². The summed E-state index contributed by atoms with van der Waals surface area (Å²) in [5.74, 6) is -2.49. The Hall–Kier alpha value is -5.01. The highest BCUT2D eigenvalue weighted by atomic mass is 32.1. The zero-order valence-corrected chi connectivity index (χ0v) is 31.6. The molecule has 0 unspecified atom stereocenters. The zero-order valence-electron chi connectivity index (χ0n) is 30.8. The van der Waals surface area contributed by atoms with Gasteiger partial charge in [0.05, 0.1) is 15.8 Å². The molecule has 4 aromatic rings. The molecular formula is C42H51N5O4S. The number of anilines is 1. The van der Waals surface area contributed by atoms with Crippen LogP contribution in [-0.4, -0.2) is 39.7 Å². The molecule has 0 aliphatic rings. The molecule has 1 N–H and O–H groups in total. The van der Waals surface area contributed by atoms with Crippen molar-refractivity contribution in [1.82, 2.24) is 9.66 Å². The van der Waals surface area contributed by atoms with E-state index in [9.17, 15) is 24.8 Å². The molecule has 274 valence electrons. The highest BCUT2D eigenvalue weighted by Crippen LogP contribution is 2.34. The van der Waals surface area contributed by atoms with Gasteiger partial charge in [-0.05, 0) is 31.1 Å². The van der Waals surface area contributed by atoms with Crippen LogP contribution in [0.3, 0.4) is 0 Å². The summed E-state index contributed by atoms with van der Waals surface area (Å²) in [6.45, 7) is 11.3. The second-order valence-corrected chi connectivity index (χ2v) is 14.1. The molecule has 0 spiro atoms. The number of unbranched alkanes of at least 4 members (excludes halogenated alkanes) is 10. The van der Waals surface area contributed by atoms with Crippen molar-refractivity contribution in [3.8, 4) is 23.2 Å². The van der Waals surface area contributed by atoms with Crippen LogP contribution in [0.4, 0.5) is 5.13 Å². The number of rotatable bonds is 19. The van der Waals surface area contributed by atoms with Gasteiger partial charge in [-0.25, -0.2) is 4.98 Å². The maximum Gasteiger partial charge on any atom is 0.280 e. The molecule has 0 fully saturated rings. The van der Waals surface area contributed by atoms with E-state index in [1.165, 1.54) is 74.8 Å². The first-order valence-electron chi connectivity index (χ1n) is 18.5. The number of thiazole rings is 1. The van der Waals surface area contributed by atoms with Crippen molar-refractivity contribution in [2.75, 3.05) is 23.0 Å². The number of carbonyl (C=O) groups excluding carboxylic acids is 2. The van der Waals surface area contributed by atoms with Crippen molar-refractivity contribution in [1.29, 1.82) is 5.26 Å². The van der Waals surface area contributed by atoms with Gasteiger partial charge in [0, 0.05) is 36.4 Å². The van der Waals surface area contributed by atoms with Gasteiger partial charge in [0.25, 0.3) is 11.5 Å². The molecule has 2 heterocycles. The second kappa shape index (κ2) is 20.1. The molecule has 0 atom stereocenters. The number of hydrogen-bond acceptors (Lipinski definition) is 8. The minimum absolute atomic E-state index is 0.0121. The standard InChI is InChI=1S/C42H51N5O4S/c1-5-7-9-11-13-21-27-45(28-22-14-12-10-8-6-2)42-44-38(33-23-17-15-18-24-33)37(52-42)29-35-31(3)36(30-43)41(51)47(40(35)50)46(32(4)48)39(49)34-25-19-16-20-26-34/h15-20,23-26,29,51H,3,5-14,21-22,27-28H2,1-2,4H3/b35-29-. The summed E-state index contributed by atoms with van der Waals surface area (Å²) in [7, 11) is 0. The quantitative estimate of drug-likeness (QED) is 0.0989. The number of nitriles is 1. The fourth-order valence-corrected chi connectivity index (χ4v) is 7.28. The van der Waals surface area contributed by atoms with Crippen LogP contribution in [0.15, 0.2) is 65.5 Å². The van der Waals surface area contributed by atoms with Crippen molar-refractivity contribution < 1.29 is 14.7 Å². The highest BCUT2D eigenvalue weighted by Gasteiger charge is 2.28. The third-order valence-corrected chi connectivity index (χ3v) is 10.2. The summed E-state index contributed by atoms with van der Waals surface area (Å²) in [6, 6.07) is 19.6. The number of hydrogen-bond donors (Lipinski definition) is 1. The highest BCUT2D eigenvalue weighted by molar-refractivity contribution is 7.16. The molecular weight excluding hydrogens is 671 g/mol. The number of amides is 2. The predicted molar refractivity (Wildman–Crippen MR) is 212 cm³/mol. The number of nitrogens with zero attached hydrogens (tertiary/aromatic N) is 5. The van der Waals surface area contributed by atoms with Crippen molar-refractivity contribution in [3.05, 3.63) is 97.5 Å². The first-order valence-corrected chi connectivity index (χ1v) is 19.3. The summed E-state index contributed by atoms with van der Waals surface area (Å²) in [6.07, 6.45) is 15.8. The van der Waals surface area contributed by atoms with E-state index in [2.05, 4.69) is 25.3 Å². The third kappa shape index (κ3) is 10.1. The molecule has 0 bridgehead atoms. The summed E-state index contributed by atoms with van der Waals surface area (Å²) >= 11 is 1.45. The largest absolute Gasteiger partial charge is 0.492 e. The Balaban J connectivity index is 1.86. The number of benzene rings is 2.